The Balaban J connectivity index is 1.63. The van der Waals surface area contributed by atoms with Gasteiger partial charge in [0.25, 0.3) is 0 Å². The second-order valence-corrected chi connectivity index (χ2v) is 11.1. The lowest BCUT2D eigenvalue weighted by Crippen LogP contribution is -2.57. The Bertz CT molecular complexity index is 838. The van der Waals surface area contributed by atoms with Gasteiger partial charge in [-0.3, -0.25) is 19.3 Å². The van der Waals surface area contributed by atoms with Gasteiger partial charge in [0.15, 0.2) is 0 Å². The lowest BCUT2D eigenvalue weighted by molar-refractivity contribution is -0.154. The van der Waals surface area contributed by atoms with E-state index in [1.54, 1.807) is 22.8 Å². The van der Waals surface area contributed by atoms with Gasteiger partial charge in [0, 0.05) is 50.7 Å². The number of esters is 1. The van der Waals surface area contributed by atoms with Crippen LogP contribution < -0.4 is 0 Å². The first-order valence-electron chi connectivity index (χ1n) is 13.0. The van der Waals surface area contributed by atoms with Gasteiger partial charge < -0.3 is 29.1 Å². The number of morpholine rings is 1. The quantitative estimate of drug-likeness (QED) is 0.155. The summed E-state index contributed by atoms with van der Waals surface area (Å²) in [5.74, 6) is -2.39. The zero-order valence-electron chi connectivity index (χ0n) is 21.0. The monoisotopic (exact) mass is 571 g/mol. The summed E-state index contributed by atoms with van der Waals surface area (Å²) in [4.78, 5) is 46.5. The molecule has 2 amide bonds. The van der Waals surface area contributed by atoms with E-state index in [2.05, 4.69) is 27.4 Å². The summed E-state index contributed by atoms with van der Waals surface area (Å²) < 4.78 is 17.2. The molecule has 0 aromatic carbocycles. The highest BCUT2D eigenvalue weighted by Gasteiger charge is 2.77. The molecule has 0 saturated carbocycles. The first-order valence-corrected chi connectivity index (χ1v) is 13.9. The number of likely N-dealkylation sites (tertiary alicyclic amines) is 1. The van der Waals surface area contributed by atoms with E-state index < -0.39 is 35.6 Å². The molecule has 6 atom stereocenters. The van der Waals surface area contributed by atoms with Crippen LogP contribution in [0, 0.1) is 11.8 Å². The number of carbonyl (C=O) groups excluding carboxylic acids is 3. The van der Waals surface area contributed by atoms with Crippen molar-refractivity contribution >= 4 is 33.7 Å². The van der Waals surface area contributed by atoms with Crippen LogP contribution in [0.3, 0.4) is 0 Å². The van der Waals surface area contributed by atoms with Crippen LogP contribution in [0.15, 0.2) is 12.7 Å². The van der Waals surface area contributed by atoms with E-state index in [9.17, 15) is 19.5 Å². The van der Waals surface area contributed by atoms with Crippen LogP contribution in [0.1, 0.15) is 26.2 Å². The fraction of sp³-hybridized carbons (Fsp3) is 0.800. The van der Waals surface area contributed by atoms with Gasteiger partial charge in [0.2, 0.25) is 11.8 Å². The average Bonchev–Trinajstić information content (AvgIpc) is 3.46. The molecule has 0 aliphatic carbocycles. The molecule has 4 fully saturated rings. The zero-order valence-corrected chi connectivity index (χ0v) is 22.6. The van der Waals surface area contributed by atoms with Crippen LogP contribution in [-0.2, 0) is 28.6 Å². The van der Waals surface area contributed by atoms with Crippen molar-refractivity contribution in [3.63, 3.8) is 0 Å². The third-order valence-electron chi connectivity index (χ3n) is 7.84. The first-order chi connectivity index (χ1) is 17.4. The highest BCUT2D eigenvalue weighted by atomic mass is 79.9. The molecule has 2 bridgehead atoms. The highest BCUT2D eigenvalue weighted by molar-refractivity contribution is 9.09. The maximum absolute atomic E-state index is 14.2. The van der Waals surface area contributed by atoms with Crippen molar-refractivity contribution in [2.45, 2.75) is 48.8 Å². The Morgan fingerprint density at radius 3 is 2.72 bits per heavy atom. The van der Waals surface area contributed by atoms with Gasteiger partial charge in [0.1, 0.15) is 11.6 Å². The predicted molar refractivity (Wildman–Crippen MR) is 134 cm³/mol. The lowest BCUT2D eigenvalue weighted by Gasteiger charge is -2.38. The van der Waals surface area contributed by atoms with Crippen molar-refractivity contribution in [1.82, 2.24) is 14.7 Å². The van der Waals surface area contributed by atoms with Crippen LogP contribution in [0.2, 0.25) is 0 Å². The number of fused-ring (bicyclic) bond motifs is 1. The largest absolute Gasteiger partial charge is 0.466 e. The molecule has 4 aliphatic rings. The van der Waals surface area contributed by atoms with Crippen LogP contribution >= 0.6 is 15.9 Å². The number of unbranched alkanes of at least 4 members (excludes halogenated alkanes) is 1. The molecular formula is C25H38BrN3O7. The predicted octanol–water partition coefficient (Wildman–Crippen LogP) is 0.417. The van der Waals surface area contributed by atoms with Crippen molar-refractivity contribution in [1.29, 1.82) is 0 Å². The van der Waals surface area contributed by atoms with Crippen LogP contribution in [0.5, 0.6) is 0 Å². The number of ether oxygens (including phenoxy) is 3. The molecule has 36 heavy (non-hydrogen) atoms. The summed E-state index contributed by atoms with van der Waals surface area (Å²) >= 11 is 3.66. The standard InChI is InChI=1S/C25H38BrN3O7/c1-3-7-28(10-9-27-11-14-34-15-12-27)23(32)21-25-16-17(26)20(36-25)18(24(33)35-4-2)19(25)22(31)29(21)8-5-6-13-30/h3,17-21,30H,1,4-16H2,2H3/t17?,18-,19+,20-,21-,25+/m0/s1. The van der Waals surface area contributed by atoms with Gasteiger partial charge >= 0.3 is 5.97 Å². The van der Waals surface area contributed by atoms with Crippen molar-refractivity contribution in [2.75, 3.05) is 65.7 Å². The minimum absolute atomic E-state index is 0.00481. The van der Waals surface area contributed by atoms with E-state index in [0.717, 1.165) is 13.1 Å². The Hall–Kier alpha value is -1.53. The summed E-state index contributed by atoms with van der Waals surface area (Å²) in [6, 6.07) is -0.845. The molecule has 0 radical (unpaired) electrons. The number of alkyl halides is 1. The van der Waals surface area contributed by atoms with Gasteiger partial charge in [-0.1, -0.05) is 22.0 Å². The minimum atomic E-state index is -1.10. The Labute approximate surface area is 221 Å². The zero-order chi connectivity index (χ0) is 25.9. The molecule has 4 heterocycles. The molecule has 1 spiro atoms. The van der Waals surface area contributed by atoms with Crippen LogP contribution in [0.4, 0.5) is 0 Å². The SMILES string of the molecule is C=CCN(CCN1CCOCC1)C(=O)[C@@H]1N(CCCCO)C(=O)[C@H]2[C@H](C(=O)OCC)[C@H]3O[C@@]12CC3Br. The summed E-state index contributed by atoms with van der Waals surface area (Å²) in [6.45, 7) is 10.6. The number of hydrogen-bond donors (Lipinski definition) is 1. The fourth-order valence-corrected chi connectivity index (χ4v) is 7.20. The number of rotatable bonds is 12. The van der Waals surface area contributed by atoms with Gasteiger partial charge in [-0.05, 0) is 26.2 Å². The third-order valence-corrected chi connectivity index (χ3v) is 8.68. The Kier molecular flexibility index (Phi) is 9.09. The topological polar surface area (TPSA) is 109 Å². The van der Waals surface area contributed by atoms with E-state index in [4.69, 9.17) is 14.2 Å². The second-order valence-electron chi connectivity index (χ2n) is 9.90. The van der Waals surface area contributed by atoms with Crippen molar-refractivity contribution in [3.8, 4) is 0 Å². The second kappa shape index (κ2) is 11.9. The van der Waals surface area contributed by atoms with Gasteiger partial charge in [0.05, 0.1) is 37.8 Å². The number of halogens is 1. The number of aliphatic hydroxyl groups excluding tert-OH is 1. The summed E-state index contributed by atoms with van der Waals surface area (Å²) in [5.41, 5.74) is -1.10. The first kappa shape index (κ1) is 27.5. The molecular weight excluding hydrogens is 534 g/mol. The van der Waals surface area contributed by atoms with E-state index in [-0.39, 0.29) is 29.9 Å². The summed E-state index contributed by atoms with van der Waals surface area (Å²) in [5, 5.41) is 9.31. The molecule has 1 unspecified atom stereocenters. The molecule has 1 N–H and O–H groups in total. The molecule has 10 nitrogen and oxygen atoms in total. The highest BCUT2D eigenvalue weighted by Crippen LogP contribution is 2.60. The van der Waals surface area contributed by atoms with E-state index in [1.807, 2.05) is 0 Å². The molecule has 4 rings (SSSR count). The maximum Gasteiger partial charge on any atom is 0.312 e. The smallest absolute Gasteiger partial charge is 0.312 e. The molecule has 4 saturated heterocycles. The molecule has 0 aromatic rings. The number of amides is 2. The number of aliphatic hydroxyl groups is 1. The van der Waals surface area contributed by atoms with Gasteiger partial charge in [-0.25, -0.2) is 0 Å². The molecule has 202 valence electrons. The van der Waals surface area contributed by atoms with Crippen molar-refractivity contribution in [3.05, 3.63) is 12.7 Å². The van der Waals surface area contributed by atoms with Crippen molar-refractivity contribution in [2.24, 2.45) is 11.8 Å². The molecule has 0 aromatic heterocycles. The third kappa shape index (κ3) is 4.97. The minimum Gasteiger partial charge on any atom is -0.466 e. The number of hydrogen-bond acceptors (Lipinski definition) is 8. The normalized spacial score (nSPS) is 33.6. The fourth-order valence-electron chi connectivity index (χ4n) is 6.26. The lowest BCUT2D eigenvalue weighted by atomic mass is 9.70. The summed E-state index contributed by atoms with van der Waals surface area (Å²) in [7, 11) is 0. The van der Waals surface area contributed by atoms with Crippen LogP contribution in [-0.4, -0.2) is 126 Å². The van der Waals surface area contributed by atoms with Crippen molar-refractivity contribution < 1.29 is 33.7 Å². The van der Waals surface area contributed by atoms with Crippen LogP contribution in [0.25, 0.3) is 0 Å². The maximum atomic E-state index is 14.2. The number of nitrogens with zero attached hydrogens (tertiary/aromatic N) is 3. The Morgan fingerprint density at radius 2 is 2.06 bits per heavy atom. The summed E-state index contributed by atoms with van der Waals surface area (Å²) in [6.07, 6.45) is 2.70. The molecule has 11 heteroatoms. The van der Waals surface area contributed by atoms with E-state index >= 15 is 0 Å². The van der Waals surface area contributed by atoms with Gasteiger partial charge in [-0.2, -0.15) is 0 Å². The number of carbonyl (C=O) groups is 3. The van der Waals surface area contributed by atoms with E-state index in [0.29, 0.717) is 58.7 Å². The van der Waals surface area contributed by atoms with Gasteiger partial charge in [-0.15, -0.1) is 6.58 Å². The Morgan fingerprint density at radius 1 is 1.31 bits per heavy atom. The molecule has 4 aliphatic heterocycles. The average molecular weight is 572 g/mol. The van der Waals surface area contributed by atoms with E-state index in [1.165, 1.54) is 0 Å².